The fraction of sp³-hybridized carbons (Fsp3) is 0. The molecule has 0 N–H and O–H groups in total. The van der Waals surface area contributed by atoms with Gasteiger partial charge in [-0.1, -0.05) is 0 Å². The van der Waals surface area contributed by atoms with Crippen molar-refractivity contribution in [3.05, 3.63) is 0 Å². The normalized spacial score (nSPS) is 10.2. The van der Waals surface area contributed by atoms with Crippen molar-refractivity contribution >= 4 is 37.7 Å². The Bertz CT molecular complexity index is 68.6. The third kappa shape index (κ3) is 16.3. The SMILES string of the molecule is [LiH].[LiH].[O-][Cl+2]([O-])O[Cl+3]([O-])([O-])[O-]. The Kier molecular flexibility index (Phi) is 12.7. The zero-order valence-electron chi connectivity index (χ0n) is 3.21. The average molecular weight is 183 g/mol. The summed E-state index contributed by atoms with van der Waals surface area (Å²) in [6.45, 7) is 0. The van der Waals surface area contributed by atoms with E-state index in [9.17, 15) is 14.0 Å². The molecule has 0 saturated carbocycles. The predicted molar refractivity (Wildman–Crippen MR) is 15.4 cm³/mol. The van der Waals surface area contributed by atoms with Crippen LogP contribution in [0, 0.1) is 21.0 Å². The predicted octanol–water partition coefficient (Wildman–Crippen LogP) is -7.31. The van der Waals surface area contributed by atoms with Crippen molar-refractivity contribution in [2.45, 2.75) is 0 Å². The van der Waals surface area contributed by atoms with Gasteiger partial charge < -0.3 is 9.32 Å². The Morgan fingerprint density at radius 3 is 1.30 bits per heavy atom. The van der Waals surface area contributed by atoms with Crippen LogP contribution in [0.5, 0.6) is 0 Å². The molecule has 0 fully saturated rings. The summed E-state index contributed by atoms with van der Waals surface area (Å²) in [6.07, 6.45) is 0. The Balaban J connectivity index is -0.000000245. The van der Waals surface area contributed by atoms with E-state index in [-0.39, 0.29) is 37.7 Å². The molecule has 0 aromatic heterocycles. The van der Waals surface area contributed by atoms with Crippen molar-refractivity contribution in [2.24, 2.45) is 0 Å². The van der Waals surface area contributed by atoms with Crippen molar-refractivity contribution in [3.8, 4) is 0 Å². The van der Waals surface area contributed by atoms with Gasteiger partial charge in [0.25, 0.3) is 0 Å². The molecule has 0 saturated heterocycles. The van der Waals surface area contributed by atoms with Crippen LogP contribution in [0.3, 0.4) is 0 Å². The average Bonchev–Trinajstić information content (AvgIpc) is 1.21. The standard InChI is InChI=1S/Cl2O6.2Li.2H/c3-1(4)8-2(5,6)7;;;;. The van der Waals surface area contributed by atoms with E-state index in [1.807, 2.05) is 0 Å². The minimum absolute atomic E-state index is 0. The number of hydrogen-bond donors (Lipinski definition) is 0. The van der Waals surface area contributed by atoms with Crippen LogP contribution in [-0.4, -0.2) is 37.7 Å². The molecule has 0 amide bonds. The smallest absolute Gasteiger partial charge is 0.307 e. The van der Waals surface area contributed by atoms with E-state index in [1.54, 1.807) is 0 Å². The van der Waals surface area contributed by atoms with E-state index < -0.39 is 21.0 Å². The van der Waals surface area contributed by atoms with Gasteiger partial charge in [0.2, 0.25) is 10.2 Å². The Hall–Kier alpha value is 1.53. The van der Waals surface area contributed by atoms with Crippen molar-refractivity contribution in [1.29, 1.82) is 0 Å². The molecule has 0 bridgehead atoms. The summed E-state index contributed by atoms with van der Waals surface area (Å²) < 4.78 is 48.7. The summed E-state index contributed by atoms with van der Waals surface area (Å²) in [5.41, 5.74) is 0. The summed E-state index contributed by atoms with van der Waals surface area (Å²) in [6, 6.07) is 0. The second kappa shape index (κ2) is 7.20. The molecule has 0 spiro atoms. The third-order valence-electron chi connectivity index (χ3n) is 0.119. The molecule has 0 aliphatic rings. The molecule has 0 aliphatic carbocycles. The molecule has 10 heteroatoms. The Morgan fingerprint density at radius 2 is 1.30 bits per heavy atom. The van der Waals surface area contributed by atoms with Gasteiger partial charge >= 0.3 is 52.3 Å². The van der Waals surface area contributed by atoms with Crippen LogP contribution in [0.15, 0.2) is 0 Å². The fourth-order valence-corrected chi connectivity index (χ4v) is 0.525. The largest absolute Gasteiger partial charge is 0.473 e. The van der Waals surface area contributed by atoms with Crippen molar-refractivity contribution in [3.63, 3.8) is 0 Å². The van der Waals surface area contributed by atoms with Gasteiger partial charge in [0.15, 0.2) is 0 Å². The molecule has 54 valence electrons. The molecule has 0 radical (unpaired) electrons. The van der Waals surface area contributed by atoms with Gasteiger partial charge in [-0.25, -0.2) is 0 Å². The van der Waals surface area contributed by atoms with Crippen molar-refractivity contribution < 1.29 is 48.2 Å². The van der Waals surface area contributed by atoms with Crippen LogP contribution in [0.2, 0.25) is 0 Å². The van der Waals surface area contributed by atoms with E-state index in [1.165, 1.54) is 0 Å². The zero-order valence-corrected chi connectivity index (χ0v) is 4.72. The summed E-state index contributed by atoms with van der Waals surface area (Å²) in [5.74, 6) is 0. The van der Waals surface area contributed by atoms with E-state index in [4.69, 9.17) is 9.32 Å². The quantitative estimate of drug-likeness (QED) is 0.391. The first kappa shape index (κ1) is 17.6. The van der Waals surface area contributed by atoms with Crippen LogP contribution in [0.25, 0.3) is 0 Å². The Labute approximate surface area is 85.6 Å². The van der Waals surface area contributed by atoms with Crippen LogP contribution < -0.4 is 23.3 Å². The first-order valence-electron chi connectivity index (χ1n) is 1.08. The molecular weight excluding hydrogens is 181 g/mol. The molecule has 0 rings (SSSR count). The zero-order chi connectivity index (χ0) is 6.78. The van der Waals surface area contributed by atoms with Crippen LogP contribution >= 0.6 is 0 Å². The van der Waals surface area contributed by atoms with E-state index >= 15 is 0 Å². The summed E-state index contributed by atoms with van der Waals surface area (Å²) in [4.78, 5) is 0. The minimum Gasteiger partial charge on any atom is -0.307 e. The summed E-state index contributed by atoms with van der Waals surface area (Å²) in [5, 5.41) is 0. The fourth-order valence-electron chi connectivity index (χ4n) is 0.0583. The molecule has 0 aliphatic heterocycles. The number of rotatable bonds is 2. The van der Waals surface area contributed by atoms with E-state index in [0.717, 1.165) is 0 Å². The van der Waals surface area contributed by atoms with Gasteiger partial charge in [0.1, 0.15) is 0 Å². The molecule has 0 atom stereocenters. The first-order valence-corrected chi connectivity index (χ1v) is 3.24. The van der Waals surface area contributed by atoms with Crippen LogP contribution in [0.1, 0.15) is 0 Å². The second-order valence-corrected chi connectivity index (χ2v) is 2.23. The van der Waals surface area contributed by atoms with Gasteiger partial charge in [-0.2, -0.15) is 14.0 Å². The van der Waals surface area contributed by atoms with Gasteiger partial charge in [0.05, 0.1) is 0 Å². The first-order chi connectivity index (χ1) is 3.42. The monoisotopic (exact) mass is 182 g/mol. The van der Waals surface area contributed by atoms with Gasteiger partial charge in [0, 0.05) is 0 Å². The molecule has 0 unspecified atom stereocenters. The van der Waals surface area contributed by atoms with Crippen LogP contribution in [0.4, 0.5) is 0 Å². The molecule has 10 heavy (non-hydrogen) atoms. The maximum atomic E-state index is 9.23. The van der Waals surface area contributed by atoms with Crippen molar-refractivity contribution in [1.82, 2.24) is 0 Å². The topological polar surface area (TPSA) is 125 Å². The number of halogens is 2. The summed E-state index contributed by atoms with van der Waals surface area (Å²) >= 11 is 0. The second-order valence-electron chi connectivity index (χ2n) is 0.625. The minimum atomic E-state index is -4.85. The van der Waals surface area contributed by atoms with E-state index in [0.29, 0.717) is 0 Å². The molecule has 0 aromatic rings. The number of hydrogen-bond acceptors (Lipinski definition) is 6. The maximum absolute atomic E-state index is 9.23. The third-order valence-corrected chi connectivity index (χ3v) is 1.07. The van der Waals surface area contributed by atoms with Gasteiger partial charge in [-0.05, 0) is 0 Å². The molecule has 0 aromatic carbocycles. The molecule has 6 nitrogen and oxygen atoms in total. The van der Waals surface area contributed by atoms with Crippen LogP contribution in [-0.2, 0) is 3.84 Å². The van der Waals surface area contributed by atoms with Gasteiger partial charge in [-0.3, -0.25) is 0 Å². The molecular formula is H2Cl2Li2O6. The molecule has 0 heterocycles. The summed E-state index contributed by atoms with van der Waals surface area (Å²) in [7, 11) is -7.85. The maximum Gasteiger partial charge on any atom is 0.473 e. The van der Waals surface area contributed by atoms with Gasteiger partial charge in [-0.15, -0.1) is 0 Å². The van der Waals surface area contributed by atoms with E-state index in [2.05, 4.69) is 3.84 Å². The Morgan fingerprint density at radius 1 is 1.00 bits per heavy atom. The van der Waals surface area contributed by atoms with Crippen molar-refractivity contribution in [2.75, 3.05) is 0 Å².